The Balaban J connectivity index is 1.50. The van der Waals surface area contributed by atoms with Gasteiger partial charge in [-0.05, 0) is 71.2 Å². The Morgan fingerprint density at radius 2 is 2.08 bits per heavy atom. The second-order valence-corrected chi connectivity index (χ2v) is 11.7. The number of esters is 1. The third-order valence-corrected chi connectivity index (χ3v) is 7.33. The molecule has 2 atom stereocenters. The van der Waals surface area contributed by atoms with E-state index in [2.05, 4.69) is 21.7 Å². The van der Waals surface area contributed by atoms with E-state index >= 15 is 0 Å². The van der Waals surface area contributed by atoms with Crippen LogP contribution in [0.2, 0.25) is 0 Å². The van der Waals surface area contributed by atoms with Crippen molar-refractivity contribution in [1.82, 2.24) is 14.8 Å². The van der Waals surface area contributed by atoms with Gasteiger partial charge in [0.1, 0.15) is 11.0 Å². The molecule has 3 aromatic rings. The highest BCUT2D eigenvalue weighted by Gasteiger charge is 2.43. The topological polar surface area (TPSA) is 151 Å². The highest BCUT2D eigenvalue weighted by atomic mass is 16.6. The molecule has 2 aliphatic rings. The van der Waals surface area contributed by atoms with E-state index in [0.29, 0.717) is 40.9 Å². The van der Waals surface area contributed by atoms with E-state index in [1.807, 2.05) is 32.0 Å². The summed E-state index contributed by atoms with van der Waals surface area (Å²) in [7, 11) is 0. The van der Waals surface area contributed by atoms with Crippen LogP contribution >= 0.6 is 0 Å². The first kappa shape index (κ1) is 26.4. The van der Waals surface area contributed by atoms with E-state index in [-0.39, 0.29) is 24.5 Å². The van der Waals surface area contributed by atoms with E-state index in [0.717, 1.165) is 5.56 Å². The van der Waals surface area contributed by atoms with Crippen LogP contribution in [0.15, 0.2) is 35.3 Å². The number of H-pyrrole nitrogens is 1. The monoisotopic (exact) mass is 532 g/mol. The van der Waals surface area contributed by atoms with E-state index in [1.54, 1.807) is 31.5 Å². The number of hydrogen-bond donors (Lipinski definition) is 3. The Morgan fingerprint density at radius 3 is 2.74 bits per heavy atom. The first-order valence-electron chi connectivity index (χ1n) is 12.9. The maximum atomic E-state index is 13.0. The van der Waals surface area contributed by atoms with Crippen molar-refractivity contribution in [3.63, 3.8) is 0 Å². The molecule has 3 N–H and O–H groups in total. The Bertz CT molecular complexity index is 1560. The summed E-state index contributed by atoms with van der Waals surface area (Å²) in [5.74, 6) is -0.215. The molecular formula is C28H32N6O5. The summed E-state index contributed by atoms with van der Waals surface area (Å²) in [6, 6.07) is 9.49. The quantitative estimate of drug-likeness (QED) is 0.420. The number of hydrogen-bond acceptors (Lipinski definition) is 8. The average Bonchev–Trinajstić information content (AvgIpc) is 3.33. The van der Waals surface area contributed by atoms with Crippen LogP contribution in [-0.2, 0) is 30.0 Å². The lowest BCUT2D eigenvalue weighted by Gasteiger charge is -2.39. The number of fused-ring (bicyclic) bond motifs is 2. The van der Waals surface area contributed by atoms with Crippen molar-refractivity contribution in [3.05, 3.63) is 46.4 Å². The first-order valence-corrected chi connectivity index (χ1v) is 12.9. The predicted molar refractivity (Wildman–Crippen MR) is 145 cm³/mol. The molecule has 1 fully saturated rings. The number of rotatable bonds is 5. The minimum absolute atomic E-state index is 0.0491. The summed E-state index contributed by atoms with van der Waals surface area (Å²) in [6.07, 6.45) is 1.62. The van der Waals surface area contributed by atoms with Crippen LogP contribution in [0.5, 0.6) is 0 Å². The number of carbonyl (C=O) groups is 2. The molecule has 5 rings (SSSR count). The van der Waals surface area contributed by atoms with Gasteiger partial charge in [-0.15, -0.1) is 0 Å². The molecule has 0 radical (unpaired) electrons. The van der Waals surface area contributed by atoms with Gasteiger partial charge in [-0.25, -0.2) is 4.79 Å². The molecular weight excluding hydrogens is 500 g/mol. The fraction of sp³-hybridized carbons (Fsp3) is 0.464. The number of aromatic nitrogens is 3. The molecule has 0 aliphatic carbocycles. The molecule has 39 heavy (non-hydrogen) atoms. The second-order valence-electron chi connectivity index (χ2n) is 11.7. The zero-order chi connectivity index (χ0) is 28.2. The third kappa shape index (κ3) is 4.65. The molecule has 0 spiro atoms. The van der Waals surface area contributed by atoms with Crippen molar-refractivity contribution in [2.24, 2.45) is 0 Å². The first-order chi connectivity index (χ1) is 18.3. The highest BCUT2D eigenvalue weighted by molar-refractivity contribution is 6.06. The number of carbonyl (C=O) groups excluding carboxylic acids is 2. The fourth-order valence-electron chi connectivity index (χ4n) is 5.23. The van der Waals surface area contributed by atoms with Gasteiger partial charge in [0.25, 0.3) is 5.56 Å². The Labute approximate surface area is 225 Å². The summed E-state index contributed by atoms with van der Waals surface area (Å²) in [4.78, 5) is 40.7. The lowest BCUT2D eigenvalue weighted by molar-refractivity contribution is -0.176. The smallest absolute Gasteiger partial charge is 0.335 e. The number of nitrogens with zero attached hydrogens (tertiary/aromatic N) is 3. The van der Waals surface area contributed by atoms with Gasteiger partial charge >= 0.3 is 5.97 Å². The van der Waals surface area contributed by atoms with Crippen molar-refractivity contribution < 1.29 is 19.1 Å². The van der Waals surface area contributed by atoms with Gasteiger partial charge < -0.3 is 25.1 Å². The van der Waals surface area contributed by atoms with Gasteiger partial charge in [-0.3, -0.25) is 14.3 Å². The molecule has 4 heterocycles. The normalized spacial score (nSPS) is 22.2. The Hall–Kier alpha value is -4.17. The number of benzene rings is 1. The zero-order valence-corrected chi connectivity index (χ0v) is 22.7. The van der Waals surface area contributed by atoms with Gasteiger partial charge in [0.2, 0.25) is 5.91 Å². The SMILES string of the molecule is CC(C)(C)OC(=O)[C@@H]1CC[C@@](CC#N)(n2nc(Nc3ccc4c(c3)NC(=O)C4(C)C)c3c(=O)[nH]ccc32)CO1. The third-order valence-electron chi connectivity index (χ3n) is 7.33. The zero-order valence-electron chi connectivity index (χ0n) is 22.7. The van der Waals surface area contributed by atoms with Crippen LogP contribution in [-0.4, -0.2) is 45.0 Å². The van der Waals surface area contributed by atoms with Crippen molar-refractivity contribution in [1.29, 1.82) is 5.26 Å². The molecule has 204 valence electrons. The maximum absolute atomic E-state index is 13.0. The highest BCUT2D eigenvalue weighted by Crippen LogP contribution is 2.40. The van der Waals surface area contributed by atoms with Crippen LogP contribution in [0.3, 0.4) is 0 Å². The molecule has 1 aromatic carbocycles. The fourth-order valence-corrected chi connectivity index (χ4v) is 5.23. The molecule has 2 aromatic heterocycles. The van der Waals surface area contributed by atoms with Crippen molar-refractivity contribution >= 4 is 40.0 Å². The Morgan fingerprint density at radius 1 is 1.31 bits per heavy atom. The molecule has 0 bridgehead atoms. The number of aromatic amines is 1. The summed E-state index contributed by atoms with van der Waals surface area (Å²) < 4.78 is 13.1. The lowest BCUT2D eigenvalue weighted by atomic mass is 9.86. The van der Waals surface area contributed by atoms with Gasteiger partial charge in [-0.2, -0.15) is 10.4 Å². The molecule has 1 amide bonds. The van der Waals surface area contributed by atoms with Crippen LogP contribution in [0.1, 0.15) is 59.4 Å². The number of pyridine rings is 1. The minimum atomic E-state index is -0.894. The van der Waals surface area contributed by atoms with Gasteiger partial charge in [0, 0.05) is 17.6 Å². The second kappa shape index (κ2) is 9.24. The standard InChI is InChI=1S/C28H32N6O5/c1-26(2,3)39-24(36)20-8-10-28(11-12-29,15-38-20)34-19-9-13-30-23(35)21(19)22(33-34)31-16-6-7-17-18(14-16)32-25(37)27(17,4)5/h6-7,9,13-14,20H,8,10-11,15H2,1-5H3,(H,30,35)(H,31,33)(H,32,37)/t20-,28-/m0/s1. The summed E-state index contributed by atoms with van der Waals surface area (Å²) in [5.41, 5.74) is 0.244. The predicted octanol–water partition coefficient (Wildman–Crippen LogP) is 3.83. The van der Waals surface area contributed by atoms with E-state index in [4.69, 9.17) is 14.6 Å². The van der Waals surface area contributed by atoms with Crippen LogP contribution in [0, 0.1) is 11.3 Å². The summed E-state index contributed by atoms with van der Waals surface area (Å²) >= 11 is 0. The number of ether oxygens (including phenoxy) is 2. The van der Waals surface area contributed by atoms with Gasteiger partial charge in [0.15, 0.2) is 11.9 Å². The van der Waals surface area contributed by atoms with Crippen LogP contribution < -0.4 is 16.2 Å². The van der Waals surface area contributed by atoms with E-state index in [1.165, 1.54) is 6.20 Å². The summed E-state index contributed by atoms with van der Waals surface area (Å²) in [5, 5.41) is 21.0. The van der Waals surface area contributed by atoms with Gasteiger partial charge in [-0.1, -0.05) is 6.07 Å². The van der Waals surface area contributed by atoms with E-state index in [9.17, 15) is 19.6 Å². The molecule has 11 heteroatoms. The van der Waals surface area contributed by atoms with E-state index < -0.39 is 28.6 Å². The molecule has 0 unspecified atom stereocenters. The number of anilines is 3. The van der Waals surface area contributed by atoms with Crippen molar-refractivity contribution in [3.8, 4) is 6.07 Å². The van der Waals surface area contributed by atoms with Crippen molar-refractivity contribution in [2.45, 2.75) is 76.5 Å². The number of amides is 1. The van der Waals surface area contributed by atoms with Crippen molar-refractivity contribution in [2.75, 3.05) is 17.2 Å². The van der Waals surface area contributed by atoms with Gasteiger partial charge in [0.05, 0.1) is 35.6 Å². The molecule has 11 nitrogen and oxygen atoms in total. The minimum Gasteiger partial charge on any atom is -0.458 e. The Kier molecular flexibility index (Phi) is 6.26. The number of nitrogens with one attached hydrogen (secondary N) is 3. The summed E-state index contributed by atoms with van der Waals surface area (Å²) in [6.45, 7) is 9.17. The largest absolute Gasteiger partial charge is 0.458 e. The molecule has 2 aliphatic heterocycles. The average molecular weight is 533 g/mol. The molecule has 0 saturated carbocycles. The van der Waals surface area contributed by atoms with Crippen LogP contribution in [0.4, 0.5) is 17.2 Å². The molecule has 1 saturated heterocycles. The number of nitriles is 1. The lowest BCUT2D eigenvalue weighted by Crippen LogP contribution is -2.47. The maximum Gasteiger partial charge on any atom is 0.335 e. The van der Waals surface area contributed by atoms with Crippen LogP contribution in [0.25, 0.3) is 10.9 Å².